The highest BCUT2D eigenvalue weighted by atomic mass is 16.1. The van der Waals surface area contributed by atoms with E-state index in [1.807, 2.05) is 65.5 Å². The normalized spacial score (nSPS) is 10.7. The van der Waals surface area contributed by atoms with E-state index in [-0.39, 0.29) is 5.91 Å². The van der Waals surface area contributed by atoms with Gasteiger partial charge in [0.1, 0.15) is 5.52 Å². The van der Waals surface area contributed by atoms with Gasteiger partial charge in [-0.15, -0.1) is 0 Å². The van der Waals surface area contributed by atoms with Crippen LogP contribution in [-0.4, -0.2) is 20.4 Å². The smallest absolute Gasteiger partial charge is 0.257 e. The van der Waals surface area contributed by atoms with Gasteiger partial charge in [0.05, 0.1) is 22.5 Å². The summed E-state index contributed by atoms with van der Waals surface area (Å²) in [5, 5.41) is 2.98. The molecule has 0 radical (unpaired) electrons. The SMILES string of the molecule is O=C(Nc1ccccc1-n1cccc1)c1cccc2nccnc12. The average molecular weight is 314 g/mol. The maximum Gasteiger partial charge on any atom is 0.257 e. The Bertz CT molecular complexity index is 1000. The van der Waals surface area contributed by atoms with E-state index in [4.69, 9.17) is 0 Å². The molecule has 4 aromatic rings. The number of carbonyl (C=O) groups excluding carboxylic acids is 1. The molecule has 2 aromatic carbocycles. The molecule has 0 aliphatic carbocycles. The van der Waals surface area contributed by atoms with E-state index in [0.717, 1.165) is 11.4 Å². The van der Waals surface area contributed by atoms with Crippen LogP contribution in [0.5, 0.6) is 0 Å². The summed E-state index contributed by atoms with van der Waals surface area (Å²) in [5.41, 5.74) is 3.43. The predicted octanol–water partition coefficient (Wildman–Crippen LogP) is 3.67. The molecule has 1 amide bonds. The van der Waals surface area contributed by atoms with Crippen LogP contribution in [0, 0.1) is 0 Å². The molecule has 0 saturated heterocycles. The second-order valence-electron chi connectivity index (χ2n) is 5.29. The number of rotatable bonds is 3. The molecule has 0 unspecified atom stereocenters. The lowest BCUT2D eigenvalue weighted by Gasteiger charge is -2.12. The summed E-state index contributed by atoms with van der Waals surface area (Å²) in [6.45, 7) is 0. The Kier molecular flexibility index (Phi) is 3.51. The monoisotopic (exact) mass is 314 g/mol. The van der Waals surface area contributed by atoms with E-state index in [2.05, 4.69) is 15.3 Å². The fraction of sp³-hybridized carbons (Fsp3) is 0. The Hall–Kier alpha value is -3.47. The predicted molar refractivity (Wildman–Crippen MR) is 93.3 cm³/mol. The lowest BCUT2D eigenvalue weighted by Crippen LogP contribution is -2.14. The molecule has 4 rings (SSSR count). The number of carbonyl (C=O) groups is 1. The molecule has 2 heterocycles. The van der Waals surface area contributed by atoms with Crippen molar-refractivity contribution >= 4 is 22.6 Å². The first-order valence-electron chi connectivity index (χ1n) is 7.56. The van der Waals surface area contributed by atoms with E-state index < -0.39 is 0 Å². The first-order valence-corrected chi connectivity index (χ1v) is 7.56. The Morgan fingerprint density at radius 1 is 0.875 bits per heavy atom. The van der Waals surface area contributed by atoms with Crippen LogP contribution in [0.4, 0.5) is 5.69 Å². The number of nitrogens with one attached hydrogen (secondary N) is 1. The number of aromatic nitrogens is 3. The van der Waals surface area contributed by atoms with Crippen LogP contribution in [-0.2, 0) is 0 Å². The summed E-state index contributed by atoms with van der Waals surface area (Å²) in [5.74, 6) is -0.208. The van der Waals surface area contributed by atoms with E-state index in [0.29, 0.717) is 16.6 Å². The zero-order valence-corrected chi connectivity index (χ0v) is 12.8. The molecule has 2 aromatic heterocycles. The molecule has 0 aliphatic rings. The number of anilines is 1. The number of para-hydroxylation sites is 3. The lowest BCUT2D eigenvalue weighted by atomic mass is 10.1. The quantitative estimate of drug-likeness (QED) is 0.627. The van der Waals surface area contributed by atoms with Gasteiger partial charge in [-0.05, 0) is 36.4 Å². The molecule has 0 saturated carbocycles. The van der Waals surface area contributed by atoms with E-state index in [1.54, 1.807) is 18.5 Å². The van der Waals surface area contributed by atoms with Crippen LogP contribution in [0.15, 0.2) is 79.4 Å². The molecular weight excluding hydrogens is 300 g/mol. The van der Waals surface area contributed by atoms with Crippen molar-refractivity contribution < 1.29 is 4.79 Å². The van der Waals surface area contributed by atoms with Crippen LogP contribution in [0.1, 0.15) is 10.4 Å². The third-order valence-corrected chi connectivity index (χ3v) is 3.78. The van der Waals surface area contributed by atoms with Crippen molar-refractivity contribution in [1.29, 1.82) is 0 Å². The molecule has 0 bridgehead atoms. The number of nitrogens with zero attached hydrogens (tertiary/aromatic N) is 3. The van der Waals surface area contributed by atoms with Crippen molar-refractivity contribution in [2.24, 2.45) is 0 Å². The van der Waals surface area contributed by atoms with Gasteiger partial charge in [-0.1, -0.05) is 18.2 Å². The van der Waals surface area contributed by atoms with Crippen molar-refractivity contribution in [3.8, 4) is 5.69 Å². The summed E-state index contributed by atoms with van der Waals surface area (Å²) >= 11 is 0. The third kappa shape index (κ3) is 2.52. The van der Waals surface area contributed by atoms with Crippen LogP contribution in [0.2, 0.25) is 0 Å². The first-order chi connectivity index (χ1) is 11.8. The molecule has 5 heteroatoms. The van der Waals surface area contributed by atoms with Crippen LogP contribution < -0.4 is 5.32 Å². The zero-order chi connectivity index (χ0) is 16.4. The van der Waals surface area contributed by atoms with Crippen molar-refractivity contribution in [3.05, 3.63) is 84.9 Å². The number of amides is 1. The minimum atomic E-state index is -0.208. The Labute approximate surface area is 138 Å². The number of benzene rings is 2. The van der Waals surface area contributed by atoms with Gasteiger partial charge in [0.2, 0.25) is 0 Å². The maximum atomic E-state index is 12.8. The highest BCUT2D eigenvalue weighted by molar-refractivity contribution is 6.11. The molecule has 116 valence electrons. The van der Waals surface area contributed by atoms with Gasteiger partial charge < -0.3 is 9.88 Å². The fourth-order valence-electron chi connectivity index (χ4n) is 2.67. The highest BCUT2D eigenvalue weighted by Gasteiger charge is 2.13. The van der Waals surface area contributed by atoms with Crippen LogP contribution >= 0.6 is 0 Å². The summed E-state index contributed by atoms with van der Waals surface area (Å²) in [7, 11) is 0. The summed E-state index contributed by atoms with van der Waals surface area (Å²) in [6, 6.07) is 17.0. The van der Waals surface area contributed by atoms with E-state index >= 15 is 0 Å². The van der Waals surface area contributed by atoms with Crippen LogP contribution in [0.25, 0.3) is 16.7 Å². The first kappa shape index (κ1) is 14.1. The average Bonchev–Trinajstić information content (AvgIpc) is 3.16. The molecule has 0 aliphatic heterocycles. The molecule has 0 atom stereocenters. The third-order valence-electron chi connectivity index (χ3n) is 3.78. The Morgan fingerprint density at radius 3 is 2.54 bits per heavy atom. The van der Waals surface area contributed by atoms with Gasteiger partial charge in [0.15, 0.2) is 0 Å². The van der Waals surface area contributed by atoms with Gasteiger partial charge in [0, 0.05) is 24.8 Å². The summed E-state index contributed by atoms with van der Waals surface area (Å²) in [6.07, 6.45) is 7.08. The van der Waals surface area contributed by atoms with E-state index in [1.165, 1.54) is 0 Å². The second-order valence-corrected chi connectivity index (χ2v) is 5.29. The molecular formula is C19H14N4O. The van der Waals surface area contributed by atoms with Gasteiger partial charge >= 0.3 is 0 Å². The number of hydrogen-bond acceptors (Lipinski definition) is 3. The van der Waals surface area contributed by atoms with Gasteiger partial charge in [0.25, 0.3) is 5.91 Å². The standard InChI is InChI=1S/C19H14N4O/c24-19(14-6-5-8-16-18(14)21-11-10-20-16)22-15-7-1-2-9-17(15)23-12-3-4-13-23/h1-13H,(H,22,24). The number of fused-ring (bicyclic) bond motifs is 1. The molecule has 0 fully saturated rings. The summed E-state index contributed by atoms with van der Waals surface area (Å²) in [4.78, 5) is 21.3. The minimum Gasteiger partial charge on any atom is -0.322 e. The topological polar surface area (TPSA) is 59.8 Å². The second kappa shape index (κ2) is 5.96. The summed E-state index contributed by atoms with van der Waals surface area (Å²) < 4.78 is 1.96. The minimum absolute atomic E-state index is 0.208. The lowest BCUT2D eigenvalue weighted by molar-refractivity contribution is 0.102. The van der Waals surface area contributed by atoms with Crippen molar-refractivity contribution in [1.82, 2.24) is 14.5 Å². The van der Waals surface area contributed by atoms with Gasteiger partial charge in [-0.25, -0.2) is 0 Å². The molecule has 0 spiro atoms. The molecule has 5 nitrogen and oxygen atoms in total. The molecule has 1 N–H and O–H groups in total. The fourth-order valence-corrected chi connectivity index (χ4v) is 2.67. The largest absolute Gasteiger partial charge is 0.322 e. The maximum absolute atomic E-state index is 12.8. The highest BCUT2D eigenvalue weighted by Crippen LogP contribution is 2.22. The van der Waals surface area contributed by atoms with E-state index in [9.17, 15) is 4.79 Å². The van der Waals surface area contributed by atoms with Gasteiger partial charge in [-0.3, -0.25) is 14.8 Å². The molecule has 24 heavy (non-hydrogen) atoms. The van der Waals surface area contributed by atoms with Gasteiger partial charge in [-0.2, -0.15) is 0 Å². The van der Waals surface area contributed by atoms with Crippen LogP contribution in [0.3, 0.4) is 0 Å². The van der Waals surface area contributed by atoms with Crippen molar-refractivity contribution in [3.63, 3.8) is 0 Å². The zero-order valence-electron chi connectivity index (χ0n) is 12.8. The number of hydrogen-bond donors (Lipinski definition) is 1. The van der Waals surface area contributed by atoms with Crippen molar-refractivity contribution in [2.45, 2.75) is 0 Å². The Morgan fingerprint density at radius 2 is 1.67 bits per heavy atom. The van der Waals surface area contributed by atoms with Crippen molar-refractivity contribution in [2.75, 3.05) is 5.32 Å². The Balaban J connectivity index is 1.73.